The standard InChI is InChI=1S/C35H22I2O4/c36-26-15-9-24(10-16-26)34(38)40-32-19-13-22-5-1-3-7-28(22)30(32)21-31-29-8-4-2-6-23(29)14-20-33(31)41-35(39)25-11-17-27(37)18-12-25/h1-20H,21H2. The summed E-state index contributed by atoms with van der Waals surface area (Å²) in [7, 11) is 0. The number of carbonyl (C=O) groups is 2. The van der Waals surface area contributed by atoms with Crippen molar-refractivity contribution < 1.29 is 19.1 Å². The molecule has 41 heavy (non-hydrogen) atoms. The van der Waals surface area contributed by atoms with Crippen molar-refractivity contribution >= 4 is 78.7 Å². The fraction of sp³-hybridized carbons (Fsp3) is 0.0286. The van der Waals surface area contributed by atoms with Gasteiger partial charge in [0.2, 0.25) is 0 Å². The average Bonchev–Trinajstić information content (AvgIpc) is 2.99. The SMILES string of the molecule is O=C(Oc1ccc2ccccc2c1Cc1c(OC(=O)c2ccc(I)cc2)ccc2ccccc12)c1ccc(I)cc1. The lowest BCUT2D eigenvalue weighted by Crippen LogP contribution is -2.12. The summed E-state index contributed by atoms with van der Waals surface area (Å²) in [5.74, 6) is 0.0765. The Hall–Kier alpha value is -3.76. The Kier molecular flexibility index (Phi) is 8.02. The minimum Gasteiger partial charge on any atom is -0.423 e. The molecule has 0 amide bonds. The number of carbonyl (C=O) groups excluding carboxylic acids is 2. The maximum absolute atomic E-state index is 13.2. The molecule has 0 spiro atoms. The van der Waals surface area contributed by atoms with Crippen LogP contribution in [0.15, 0.2) is 121 Å². The molecule has 0 aromatic heterocycles. The lowest BCUT2D eigenvalue weighted by Gasteiger charge is -2.17. The van der Waals surface area contributed by atoms with Gasteiger partial charge in [-0.15, -0.1) is 0 Å². The third-order valence-corrected chi connectivity index (χ3v) is 8.35. The summed E-state index contributed by atoms with van der Waals surface area (Å²) in [4.78, 5) is 26.4. The van der Waals surface area contributed by atoms with E-state index in [9.17, 15) is 9.59 Å². The summed E-state index contributed by atoms with van der Waals surface area (Å²) in [6, 6.07) is 38.2. The van der Waals surface area contributed by atoms with Crippen molar-refractivity contribution in [1.82, 2.24) is 0 Å². The van der Waals surface area contributed by atoms with E-state index in [1.54, 1.807) is 24.3 Å². The largest absolute Gasteiger partial charge is 0.423 e. The van der Waals surface area contributed by atoms with Gasteiger partial charge >= 0.3 is 11.9 Å². The van der Waals surface area contributed by atoms with Crippen LogP contribution in [0.2, 0.25) is 0 Å². The molecule has 0 atom stereocenters. The summed E-state index contributed by atoms with van der Waals surface area (Å²) in [5.41, 5.74) is 2.62. The second-order valence-electron chi connectivity index (χ2n) is 9.50. The number of ether oxygens (including phenoxy) is 2. The Morgan fingerprint density at radius 1 is 0.488 bits per heavy atom. The molecular weight excluding hydrogens is 738 g/mol. The topological polar surface area (TPSA) is 52.6 Å². The molecule has 6 aromatic carbocycles. The predicted molar refractivity (Wildman–Crippen MR) is 179 cm³/mol. The number of fused-ring (bicyclic) bond motifs is 2. The molecule has 0 unspecified atom stereocenters. The first-order valence-electron chi connectivity index (χ1n) is 12.9. The highest BCUT2D eigenvalue weighted by molar-refractivity contribution is 14.1. The summed E-state index contributed by atoms with van der Waals surface area (Å²) in [6.07, 6.45) is 0.382. The van der Waals surface area contributed by atoms with Crippen LogP contribution in [0.3, 0.4) is 0 Å². The Labute approximate surface area is 264 Å². The molecule has 0 saturated heterocycles. The van der Waals surface area contributed by atoms with Crippen LogP contribution >= 0.6 is 45.2 Å². The highest BCUT2D eigenvalue weighted by atomic mass is 127. The molecule has 0 heterocycles. The molecule has 0 aliphatic carbocycles. The number of halogens is 2. The van der Waals surface area contributed by atoms with Gasteiger partial charge in [-0.3, -0.25) is 0 Å². The number of esters is 2. The van der Waals surface area contributed by atoms with E-state index >= 15 is 0 Å². The van der Waals surface area contributed by atoms with Gasteiger partial charge < -0.3 is 9.47 Å². The maximum atomic E-state index is 13.2. The molecule has 4 nitrogen and oxygen atoms in total. The second kappa shape index (κ2) is 12.0. The minimum absolute atomic E-state index is 0.382. The normalized spacial score (nSPS) is 11.0. The van der Waals surface area contributed by atoms with Gasteiger partial charge in [-0.2, -0.15) is 0 Å². The molecule has 0 aliphatic heterocycles. The molecule has 0 fully saturated rings. The second-order valence-corrected chi connectivity index (χ2v) is 12.0. The first-order valence-corrected chi connectivity index (χ1v) is 15.1. The maximum Gasteiger partial charge on any atom is 0.343 e. The van der Waals surface area contributed by atoms with Crippen LogP contribution in [-0.4, -0.2) is 11.9 Å². The van der Waals surface area contributed by atoms with Crippen molar-refractivity contribution in [3.8, 4) is 11.5 Å². The Bertz CT molecular complexity index is 1770. The Balaban J connectivity index is 1.45. The van der Waals surface area contributed by atoms with Crippen molar-refractivity contribution in [1.29, 1.82) is 0 Å². The molecule has 0 aliphatic rings. The van der Waals surface area contributed by atoms with Crippen LogP contribution in [0.25, 0.3) is 21.5 Å². The smallest absolute Gasteiger partial charge is 0.343 e. The molecule has 0 saturated carbocycles. The van der Waals surface area contributed by atoms with Crippen molar-refractivity contribution in [2.45, 2.75) is 6.42 Å². The van der Waals surface area contributed by atoms with Crippen LogP contribution in [-0.2, 0) is 6.42 Å². The van der Waals surface area contributed by atoms with E-state index in [0.717, 1.165) is 39.8 Å². The van der Waals surface area contributed by atoms with Crippen LogP contribution in [0.4, 0.5) is 0 Å². The zero-order valence-corrected chi connectivity index (χ0v) is 26.0. The van der Waals surface area contributed by atoms with Crippen LogP contribution in [0.1, 0.15) is 31.8 Å². The van der Waals surface area contributed by atoms with Crippen molar-refractivity contribution in [2.24, 2.45) is 0 Å². The lowest BCUT2D eigenvalue weighted by atomic mass is 9.93. The molecule has 200 valence electrons. The van der Waals surface area contributed by atoms with Crippen LogP contribution in [0.5, 0.6) is 11.5 Å². The van der Waals surface area contributed by atoms with Crippen molar-refractivity contribution in [3.63, 3.8) is 0 Å². The number of hydrogen-bond donors (Lipinski definition) is 0. The van der Waals surface area contributed by atoms with E-state index in [0.29, 0.717) is 29.0 Å². The van der Waals surface area contributed by atoms with E-state index < -0.39 is 11.9 Å². The molecule has 0 N–H and O–H groups in total. The van der Waals surface area contributed by atoms with E-state index in [1.165, 1.54) is 0 Å². The number of benzene rings is 6. The highest BCUT2D eigenvalue weighted by Crippen LogP contribution is 2.37. The molecular formula is C35H22I2O4. The van der Waals surface area contributed by atoms with Gasteiger partial charge in [0, 0.05) is 24.7 Å². The predicted octanol–water partition coefficient (Wildman–Crippen LogP) is 9.23. The third-order valence-electron chi connectivity index (χ3n) is 6.91. The van der Waals surface area contributed by atoms with E-state index in [-0.39, 0.29) is 0 Å². The highest BCUT2D eigenvalue weighted by Gasteiger charge is 2.20. The van der Waals surface area contributed by atoms with E-state index in [4.69, 9.17) is 9.47 Å². The van der Waals surface area contributed by atoms with Gasteiger partial charge in [0.15, 0.2) is 0 Å². The number of hydrogen-bond acceptors (Lipinski definition) is 4. The van der Waals surface area contributed by atoms with Gasteiger partial charge in [0.05, 0.1) is 11.1 Å². The van der Waals surface area contributed by atoms with Crippen LogP contribution < -0.4 is 9.47 Å². The van der Waals surface area contributed by atoms with Crippen LogP contribution in [0, 0.1) is 7.14 Å². The van der Waals surface area contributed by atoms with Gasteiger partial charge in [-0.05, 0) is 127 Å². The van der Waals surface area contributed by atoms with E-state index in [1.807, 2.05) is 97.1 Å². The fourth-order valence-electron chi connectivity index (χ4n) is 4.85. The van der Waals surface area contributed by atoms with Gasteiger partial charge in [-0.1, -0.05) is 60.7 Å². The van der Waals surface area contributed by atoms with Crippen molar-refractivity contribution in [3.05, 3.63) is 151 Å². The Morgan fingerprint density at radius 2 is 0.878 bits per heavy atom. The summed E-state index contributed by atoms with van der Waals surface area (Å²) < 4.78 is 14.1. The molecule has 6 rings (SSSR count). The molecule has 6 heteroatoms. The minimum atomic E-state index is -0.429. The molecule has 0 radical (unpaired) electrons. The van der Waals surface area contributed by atoms with Gasteiger partial charge in [0.1, 0.15) is 11.5 Å². The summed E-state index contributed by atoms with van der Waals surface area (Å²) in [5, 5.41) is 3.97. The molecule has 0 bridgehead atoms. The Morgan fingerprint density at radius 3 is 1.29 bits per heavy atom. The molecule has 6 aromatic rings. The van der Waals surface area contributed by atoms with Crippen molar-refractivity contribution in [2.75, 3.05) is 0 Å². The third kappa shape index (κ3) is 5.99. The summed E-state index contributed by atoms with van der Waals surface area (Å²) >= 11 is 4.41. The number of rotatable bonds is 6. The first kappa shape index (κ1) is 27.4. The quantitative estimate of drug-likeness (QED) is 0.0966. The van der Waals surface area contributed by atoms with Gasteiger partial charge in [-0.25, -0.2) is 9.59 Å². The van der Waals surface area contributed by atoms with E-state index in [2.05, 4.69) is 45.2 Å². The monoisotopic (exact) mass is 760 g/mol. The lowest BCUT2D eigenvalue weighted by molar-refractivity contribution is 0.0726. The average molecular weight is 760 g/mol. The zero-order chi connectivity index (χ0) is 28.3. The zero-order valence-electron chi connectivity index (χ0n) is 21.6. The van der Waals surface area contributed by atoms with Gasteiger partial charge in [0.25, 0.3) is 0 Å². The summed E-state index contributed by atoms with van der Waals surface area (Å²) in [6.45, 7) is 0. The first-order chi connectivity index (χ1) is 20.0. The fourth-order valence-corrected chi connectivity index (χ4v) is 5.57.